The van der Waals surface area contributed by atoms with Gasteiger partial charge in [0, 0.05) is 69.9 Å². The molecule has 94 heavy (non-hydrogen) atoms. The molecule has 9 N–H and O–H groups in total. The average molecular weight is 1350 g/mol. The van der Waals surface area contributed by atoms with Gasteiger partial charge in [0.25, 0.3) is 0 Å². The predicted octanol–water partition coefficient (Wildman–Crippen LogP) is 17.6. The summed E-state index contributed by atoms with van der Waals surface area (Å²) in [6.07, 6.45) is 14.4. The summed E-state index contributed by atoms with van der Waals surface area (Å²) >= 11 is 2.70. The molecule has 3 aromatic heterocycles. The molecule has 3 aliphatic carbocycles. The Balaban J connectivity index is 0.000000143. The summed E-state index contributed by atoms with van der Waals surface area (Å²) in [6.45, 7) is 36.3. The van der Waals surface area contributed by atoms with E-state index in [1.54, 1.807) is 24.5 Å². The molecule has 0 unspecified atom stereocenters. The van der Waals surface area contributed by atoms with E-state index in [4.69, 9.17) is 46.2 Å². The molecule has 0 radical (unpaired) electrons. The molecule has 1 saturated heterocycles. The van der Waals surface area contributed by atoms with Gasteiger partial charge in [-0.15, -0.1) is 0 Å². The molecule has 6 aromatic carbocycles. The van der Waals surface area contributed by atoms with Crippen LogP contribution in [-0.4, -0.2) is 65.7 Å². The fraction of sp³-hybridized carbons (Fsp3) is 0.375. The van der Waals surface area contributed by atoms with Gasteiger partial charge in [0.2, 0.25) is 0 Å². The first-order valence-electron chi connectivity index (χ1n) is 31.4. The number of rotatable bonds is 6. The van der Waals surface area contributed by atoms with E-state index in [-0.39, 0.29) is 63.1 Å². The smallest absolute Gasteiger partial charge is 0.399 e. The van der Waals surface area contributed by atoms with Crippen molar-refractivity contribution in [3.63, 3.8) is 0 Å². The van der Waals surface area contributed by atoms with Gasteiger partial charge in [-0.2, -0.15) is 0 Å². The van der Waals surface area contributed by atoms with Crippen molar-refractivity contribution in [2.24, 2.45) is 0 Å². The standard InChI is InChI=1S/C22H29BN2O3.2C22H21F2N3O.C6H4BrF2N/c1-14-11-20-17(12-19(14)24-6)18(23-27-21(2,3)22(4,5)28-23)13-25(20)15-7-9-16(26)10-8-15;2*1-12-9-20-15(10-19(12)26-2)16(21-17(23)7-8-18(25)22(21)24)11-27(20)13-3-5-14(28)6-4-13;7-5-3(8)1-2-4(10)6(5)9/h11-13,15-16,26H,7-10H2,1-5H3;2*7-11,13-14,28H,3-6,25H2,1H3;1-2H,10H2. The van der Waals surface area contributed by atoms with Gasteiger partial charge >= 0.3 is 7.12 Å². The third-order valence-electron chi connectivity index (χ3n) is 19.4. The zero-order valence-electron chi connectivity index (χ0n) is 53.4. The second-order valence-corrected chi connectivity index (χ2v) is 26.9. The number of anilines is 3. The van der Waals surface area contributed by atoms with Crippen molar-refractivity contribution in [2.75, 3.05) is 17.2 Å². The summed E-state index contributed by atoms with van der Waals surface area (Å²) < 4.78 is 103. The Labute approximate surface area is 551 Å². The predicted molar refractivity (Wildman–Crippen MR) is 363 cm³/mol. The van der Waals surface area contributed by atoms with E-state index in [9.17, 15) is 41.7 Å². The SMILES string of the molecule is Nc1ccc(F)c(Br)c1F.[C-]#[N+]c1cc2c(-c3c(F)ccc(N)c3F)cn(C3CCC(O)CC3)c2cc1C.[C-]#[N+]c1cc2c(-c3c(F)ccc(N)c3F)cn(C3CCC(O)CC3)c2cc1C.[C-]#[N+]c1cc2c(B3OC(C)(C)C(C)(C)O3)cn(C3CCC(O)CC3)c2cc1C. The third kappa shape index (κ3) is 13.5. The number of aliphatic hydroxyl groups is 3. The lowest BCUT2D eigenvalue weighted by atomic mass is 9.79. The van der Waals surface area contributed by atoms with Crippen molar-refractivity contribution in [3.05, 3.63) is 182 Å². The van der Waals surface area contributed by atoms with E-state index in [1.165, 1.54) is 18.2 Å². The summed E-state index contributed by atoms with van der Waals surface area (Å²) in [4.78, 5) is 10.8. The van der Waals surface area contributed by atoms with E-state index in [1.807, 2.05) is 48.1 Å². The number of aromatic nitrogens is 3. The van der Waals surface area contributed by atoms with Crippen molar-refractivity contribution >= 4 is 95.3 Å². The van der Waals surface area contributed by atoms with Gasteiger partial charge in [-0.1, -0.05) is 0 Å². The van der Waals surface area contributed by atoms with Crippen LogP contribution in [0.1, 0.15) is 140 Å². The van der Waals surface area contributed by atoms with Crippen molar-refractivity contribution in [1.82, 2.24) is 13.7 Å². The van der Waals surface area contributed by atoms with Gasteiger partial charge in [-0.25, -0.2) is 40.9 Å². The molecular weight excluding hydrogens is 1280 g/mol. The number of hydrogen-bond donors (Lipinski definition) is 6. The highest BCUT2D eigenvalue weighted by Crippen LogP contribution is 2.46. The Bertz CT molecular complexity index is 4280. The Hall–Kier alpha value is -8.27. The van der Waals surface area contributed by atoms with Crippen LogP contribution in [0.25, 0.3) is 69.5 Å². The topological polar surface area (TPSA) is 185 Å². The summed E-state index contributed by atoms with van der Waals surface area (Å²) in [5.74, 6) is -4.35. The monoisotopic (exact) mass is 1350 g/mol. The molecule has 490 valence electrons. The van der Waals surface area contributed by atoms with Crippen LogP contribution in [0.4, 0.5) is 60.5 Å². The number of benzene rings is 6. The number of hydrogen-bond acceptors (Lipinski definition) is 8. The van der Waals surface area contributed by atoms with Gasteiger partial charge in [-0.3, -0.25) is 0 Å². The van der Waals surface area contributed by atoms with Crippen molar-refractivity contribution in [2.45, 2.75) is 173 Å². The molecule has 14 nitrogen and oxygen atoms in total. The maximum Gasteiger partial charge on any atom is 0.496 e. The van der Waals surface area contributed by atoms with Crippen LogP contribution in [0.5, 0.6) is 0 Å². The van der Waals surface area contributed by atoms with Gasteiger partial charge in [0.15, 0.2) is 34.5 Å². The van der Waals surface area contributed by atoms with E-state index in [0.717, 1.165) is 114 Å². The lowest BCUT2D eigenvalue weighted by Crippen LogP contribution is -2.41. The Morgan fingerprint density at radius 3 is 1.12 bits per heavy atom. The fourth-order valence-electron chi connectivity index (χ4n) is 13.2. The number of halogens is 7. The highest BCUT2D eigenvalue weighted by molar-refractivity contribution is 9.10. The second-order valence-electron chi connectivity index (χ2n) is 26.1. The number of nitrogen functional groups attached to an aromatic ring is 3. The summed E-state index contributed by atoms with van der Waals surface area (Å²) in [6, 6.07) is 18.9. The molecule has 13 rings (SSSR count). The van der Waals surface area contributed by atoms with Crippen molar-refractivity contribution in [1.29, 1.82) is 0 Å². The highest BCUT2D eigenvalue weighted by atomic mass is 79.9. The van der Waals surface area contributed by atoms with E-state index >= 15 is 0 Å². The Morgan fingerprint density at radius 2 is 0.777 bits per heavy atom. The van der Waals surface area contributed by atoms with Crippen molar-refractivity contribution < 1.29 is 51.0 Å². The largest absolute Gasteiger partial charge is 0.496 e. The molecular formula is C72H75BBrF6N9O5. The molecule has 22 heteroatoms. The van der Waals surface area contributed by atoms with Crippen LogP contribution >= 0.6 is 15.9 Å². The van der Waals surface area contributed by atoms with Crippen LogP contribution in [0, 0.1) is 75.4 Å². The minimum absolute atomic E-state index is 0.0618. The maximum absolute atomic E-state index is 14.8. The first-order chi connectivity index (χ1) is 44.6. The summed E-state index contributed by atoms with van der Waals surface area (Å²) in [5.41, 5.74) is 23.8. The zero-order chi connectivity index (χ0) is 68.0. The minimum Gasteiger partial charge on any atom is -0.399 e. The van der Waals surface area contributed by atoms with Gasteiger partial charge in [0.05, 0.1) is 81.9 Å². The number of nitrogens with two attached hydrogens (primary N) is 3. The first-order valence-corrected chi connectivity index (χ1v) is 32.2. The quantitative estimate of drug-likeness (QED) is 0.0312. The molecule has 4 heterocycles. The lowest BCUT2D eigenvalue weighted by molar-refractivity contribution is 0.00578. The van der Waals surface area contributed by atoms with Crippen LogP contribution in [0.2, 0.25) is 0 Å². The highest BCUT2D eigenvalue weighted by Gasteiger charge is 2.52. The Kier molecular flexibility index (Phi) is 20.1. The number of nitrogens with zero attached hydrogens (tertiary/aromatic N) is 6. The maximum atomic E-state index is 14.8. The summed E-state index contributed by atoms with van der Waals surface area (Å²) in [5, 5.41) is 31.9. The molecule has 0 atom stereocenters. The van der Waals surface area contributed by atoms with Crippen LogP contribution in [0.3, 0.4) is 0 Å². The molecule has 0 amide bonds. The third-order valence-corrected chi connectivity index (χ3v) is 20.1. The van der Waals surface area contributed by atoms with Crippen molar-refractivity contribution in [3.8, 4) is 22.3 Å². The zero-order valence-corrected chi connectivity index (χ0v) is 55.0. The average Bonchev–Trinajstić information content (AvgIpc) is 1.60. The molecule has 9 aromatic rings. The number of aliphatic hydroxyl groups excluding tert-OH is 3. The molecule has 0 bridgehead atoms. The molecule has 0 spiro atoms. The van der Waals surface area contributed by atoms with E-state index < -0.39 is 53.2 Å². The van der Waals surface area contributed by atoms with Gasteiger partial charge in [0.1, 0.15) is 17.5 Å². The van der Waals surface area contributed by atoms with Crippen LogP contribution in [0.15, 0.2) is 95.9 Å². The number of fused-ring (bicyclic) bond motifs is 3. The lowest BCUT2D eigenvalue weighted by Gasteiger charge is -2.32. The second kappa shape index (κ2) is 27.6. The first kappa shape index (κ1) is 68.6. The Morgan fingerprint density at radius 1 is 0.468 bits per heavy atom. The van der Waals surface area contributed by atoms with Crippen LogP contribution < -0.4 is 22.7 Å². The van der Waals surface area contributed by atoms with Crippen LogP contribution in [-0.2, 0) is 9.31 Å². The molecule has 3 saturated carbocycles. The molecule has 1 aliphatic heterocycles. The van der Waals surface area contributed by atoms with E-state index in [0.29, 0.717) is 70.7 Å². The summed E-state index contributed by atoms with van der Waals surface area (Å²) in [7, 11) is -0.454. The molecule has 4 aliphatic rings. The normalized spacial score (nSPS) is 20.7. The number of aryl methyl sites for hydroxylation is 3. The molecule has 4 fully saturated rings. The van der Waals surface area contributed by atoms with Gasteiger partial charge in [-0.05, 0) is 247 Å². The van der Waals surface area contributed by atoms with E-state index in [2.05, 4.69) is 75.0 Å². The van der Waals surface area contributed by atoms with Gasteiger partial charge < -0.3 is 55.5 Å². The fourth-order valence-corrected chi connectivity index (χ4v) is 13.6. The minimum atomic E-state index is -0.789.